The molecule has 1 unspecified atom stereocenters. The number of nitrogens with zero attached hydrogens (tertiary/aromatic N) is 1. The van der Waals surface area contributed by atoms with E-state index in [0.29, 0.717) is 5.56 Å². The number of amides is 3. The second-order valence-corrected chi connectivity index (χ2v) is 5.58. The highest BCUT2D eigenvalue weighted by atomic mass is 32.1. The van der Waals surface area contributed by atoms with Crippen molar-refractivity contribution in [3.05, 3.63) is 35.2 Å². The van der Waals surface area contributed by atoms with Crippen LogP contribution in [-0.4, -0.2) is 35.2 Å². The molecular formula is C14H12N2O3S. The minimum Gasteiger partial charge on any atom is -0.318 e. The first-order valence-electron chi connectivity index (χ1n) is 6.19. The van der Waals surface area contributed by atoms with Crippen molar-refractivity contribution in [2.45, 2.75) is 13.0 Å². The molecule has 1 aromatic heterocycles. The lowest BCUT2D eigenvalue weighted by molar-refractivity contribution is -0.138. The molecule has 1 saturated heterocycles. The minimum atomic E-state index is -0.640. The number of carbonyl (C=O) groups excluding carboxylic acids is 3. The molecular weight excluding hydrogens is 276 g/mol. The zero-order chi connectivity index (χ0) is 14.3. The zero-order valence-corrected chi connectivity index (χ0v) is 11.6. The Balaban J connectivity index is 1.99. The average molecular weight is 288 g/mol. The normalized spacial score (nSPS) is 19.2. The topological polar surface area (TPSA) is 66.5 Å². The lowest BCUT2D eigenvalue weighted by Gasteiger charge is -2.31. The molecule has 0 spiro atoms. The Morgan fingerprint density at radius 3 is 2.90 bits per heavy atom. The highest BCUT2D eigenvalue weighted by Gasteiger charge is 2.34. The van der Waals surface area contributed by atoms with Crippen LogP contribution >= 0.6 is 11.3 Å². The van der Waals surface area contributed by atoms with Gasteiger partial charge in [0.15, 0.2) is 0 Å². The van der Waals surface area contributed by atoms with Gasteiger partial charge in [0.25, 0.3) is 5.91 Å². The third kappa shape index (κ3) is 1.98. The van der Waals surface area contributed by atoms with Gasteiger partial charge in [0, 0.05) is 15.5 Å². The van der Waals surface area contributed by atoms with Crippen LogP contribution in [0.2, 0.25) is 0 Å². The maximum atomic E-state index is 12.6. The highest BCUT2D eigenvalue weighted by Crippen LogP contribution is 2.27. The molecule has 1 aliphatic heterocycles. The van der Waals surface area contributed by atoms with Crippen molar-refractivity contribution in [1.82, 2.24) is 10.2 Å². The lowest BCUT2D eigenvalue weighted by Crippen LogP contribution is -2.58. The van der Waals surface area contributed by atoms with Crippen LogP contribution in [-0.2, 0) is 9.59 Å². The summed E-state index contributed by atoms with van der Waals surface area (Å²) in [4.78, 5) is 37.0. The highest BCUT2D eigenvalue weighted by molar-refractivity contribution is 7.17. The summed E-state index contributed by atoms with van der Waals surface area (Å²) < 4.78 is 1.01. The van der Waals surface area contributed by atoms with Crippen molar-refractivity contribution in [2.75, 3.05) is 6.54 Å². The summed E-state index contributed by atoms with van der Waals surface area (Å²) in [5.41, 5.74) is 0.542. The van der Waals surface area contributed by atoms with Gasteiger partial charge in [-0.25, -0.2) is 0 Å². The third-order valence-electron chi connectivity index (χ3n) is 3.40. The van der Waals surface area contributed by atoms with Gasteiger partial charge in [0.2, 0.25) is 11.8 Å². The van der Waals surface area contributed by atoms with Gasteiger partial charge in [0.1, 0.15) is 12.6 Å². The molecule has 1 N–H and O–H groups in total. The molecule has 3 amide bonds. The first-order valence-corrected chi connectivity index (χ1v) is 7.07. The van der Waals surface area contributed by atoms with Gasteiger partial charge >= 0.3 is 0 Å². The molecule has 1 atom stereocenters. The number of carbonyl (C=O) groups is 3. The van der Waals surface area contributed by atoms with E-state index in [0.717, 1.165) is 10.1 Å². The molecule has 2 aromatic rings. The SMILES string of the molecule is CC1C(=O)NC(=O)CN1C(=O)c1csc2ccccc12. The molecule has 6 heteroatoms. The predicted molar refractivity (Wildman–Crippen MR) is 75.5 cm³/mol. The standard InChI is InChI=1S/C14H12N2O3S/c1-8-13(18)15-12(17)6-16(8)14(19)10-7-20-11-5-3-2-4-9(10)11/h2-5,7-8H,6H2,1H3,(H,15,17,18). The van der Waals surface area contributed by atoms with Crippen molar-refractivity contribution in [3.63, 3.8) is 0 Å². The van der Waals surface area contributed by atoms with Gasteiger partial charge in [-0.1, -0.05) is 18.2 Å². The Hall–Kier alpha value is -2.21. The molecule has 2 heterocycles. The summed E-state index contributed by atoms with van der Waals surface area (Å²) in [6.45, 7) is 1.53. The van der Waals surface area contributed by atoms with Gasteiger partial charge in [-0.2, -0.15) is 0 Å². The number of fused-ring (bicyclic) bond motifs is 1. The third-order valence-corrected chi connectivity index (χ3v) is 4.36. The van der Waals surface area contributed by atoms with E-state index in [4.69, 9.17) is 0 Å². The molecule has 5 nitrogen and oxygen atoms in total. The monoisotopic (exact) mass is 288 g/mol. The van der Waals surface area contributed by atoms with Gasteiger partial charge < -0.3 is 4.90 Å². The lowest BCUT2D eigenvalue weighted by atomic mass is 10.1. The van der Waals surface area contributed by atoms with Gasteiger partial charge in [-0.3, -0.25) is 19.7 Å². The fourth-order valence-corrected chi connectivity index (χ4v) is 3.20. The molecule has 0 saturated carbocycles. The van der Waals surface area contributed by atoms with E-state index < -0.39 is 17.9 Å². The van der Waals surface area contributed by atoms with E-state index >= 15 is 0 Å². The maximum Gasteiger partial charge on any atom is 0.256 e. The summed E-state index contributed by atoms with van der Waals surface area (Å²) in [6, 6.07) is 6.94. The fraction of sp³-hybridized carbons (Fsp3) is 0.214. The largest absolute Gasteiger partial charge is 0.318 e. The second-order valence-electron chi connectivity index (χ2n) is 4.67. The van der Waals surface area contributed by atoms with E-state index in [1.165, 1.54) is 16.2 Å². The molecule has 0 aliphatic carbocycles. The van der Waals surface area contributed by atoms with Crippen molar-refractivity contribution < 1.29 is 14.4 Å². The summed E-state index contributed by atoms with van der Waals surface area (Å²) in [6.07, 6.45) is 0. The number of nitrogens with one attached hydrogen (secondary N) is 1. The van der Waals surface area contributed by atoms with Crippen LogP contribution in [0.4, 0.5) is 0 Å². The molecule has 1 aromatic carbocycles. The number of piperazine rings is 1. The minimum absolute atomic E-state index is 0.0874. The fourth-order valence-electron chi connectivity index (χ4n) is 2.26. The number of hydrogen-bond acceptors (Lipinski definition) is 4. The van der Waals surface area contributed by atoms with Crippen LogP contribution in [0, 0.1) is 0 Å². The number of thiophene rings is 1. The van der Waals surface area contributed by atoms with Crippen molar-refractivity contribution in [3.8, 4) is 0 Å². The summed E-state index contributed by atoms with van der Waals surface area (Å²) >= 11 is 1.48. The Kier molecular flexibility index (Phi) is 3.02. The summed E-state index contributed by atoms with van der Waals surface area (Å²) in [5.74, 6) is -1.16. The molecule has 0 bridgehead atoms. The maximum absolute atomic E-state index is 12.6. The van der Waals surface area contributed by atoms with Gasteiger partial charge in [0.05, 0.1) is 5.56 Å². The van der Waals surface area contributed by atoms with E-state index in [1.807, 2.05) is 24.3 Å². The first-order chi connectivity index (χ1) is 9.58. The van der Waals surface area contributed by atoms with Crippen LogP contribution in [0.1, 0.15) is 17.3 Å². The molecule has 0 radical (unpaired) electrons. The van der Waals surface area contributed by atoms with E-state index in [9.17, 15) is 14.4 Å². The molecule has 102 valence electrons. The van der Waals surface area contributed by atoms with Crippen LogP contribution in [0.5, 0.6) is 0 Å². The summed E-state index contributed by atoms with van der Waals surface area (Å²) in [7, 11) is 0. The Morgan fingerprint density at radius 2 is 2.10 bits per heavy atom. The van der Waals surface area contributed by atoms with E-state index in [1.54, 1.807) is 12.3 Å². The van der Waals surface area contributed by atoms with E-state index in [2.05, 4.69) is 5.32 Å². The Bertz CT molecular complexity index is 722. The quantitative estimate of drug-likeness (QED) is 0.806. The first kappa shape index (κ1) is 12.8. The van der Waals surface area contributed by atoms with Crippen LogP contribution in [0.3, 0.4) is 0 Å². The van der Waals surface area contributed by atoms with Gasteiger partial charge in [-0.15, -0.1) is 11.3 Å². The Labute approximate surface area is 119 Å². The zero-order valence-electron chi connectivity index (χ0n) is 10.8. The molecule has 1 aliphatic rings. The van der Waals surface area contributed by atoms with Crippen molar-refractivity contribution >= 4 is 39.1 Å². The number of imide groups is 1. The molecule has 1 fully saturated rings. The van der Waals surface area contributed by atoms with Crippen LogP contribution in [0.15, 0.2) is 29.6 Å². The molecule has 3 rings (SSSR count). The van der Waals surface area contributed by atoms with Gasteiger partial charge in [-0.05, 0) is 13.0 Å². The van der Waals surface area contributed by atoms with E-state index in [-0.39, 0.29) is 12.5 Å². The summed E-state index contributed by atoms with van der Waals surface area (Å²) in [5, 5.41) is 4.86. The Morgan fingerprint density at radius 1 is 1.35 bits per heavy atom. The number of benzene rings is 1. The van der Waals surface area contributed by atoms with Crippen molar-refractivity contribution in [2.24, 2.45) is 0 Å². The predicted octanol–water partition coefficient (Wildman–Crippen LogP) is 1.39. The average Bonchev–Trinajstić information content (AvgIpc) is 2.86. The second kappa shape index (κ2) is 4.72. The van der Waals surface area contributed by atoms with Crippen molar-refractivity contribution in [1.29, 1.82) is 0 Å². The smallest absolute Gasteiger partial charge is 0.256 e. The van der Waals surface area contributed by atoms with Crippen LogP contribution < -0.4 is 5.32 Å². The number of hydrogen-bond donors (Lipinski definition) is 1. The number of rotatable bonds is 1. The molecule has 20 heavy (non-hydrogen) atoms. The van der Waals surface area contributed by atoms with Crippen LogP contribution in [0.25, 0.3) is 10.1 Å².